The molecule has 0 radical (unpaired) electrons. The molecular weight excluding hydrogens is 797 g/mol. The van der Waals surface area contributed by atoms with E-state index in [1.807, 2.05) is 27.7 Å². The summed E-state index contributed by atoms with van der Waals surface area (Å²) >= 11 is 0. The average molecular weight is 885 g/mol. The molecule has 6 saturated carbocycles. The Kier molecular flexibility index (Phi) is 23.3. The van der Waals surface area contributed by atoms with Gasteiger partial charge < -0.3 is 4.74 Å². The van der Waals surface area contributed by atoms with Crippen LogP contribution >= 0.6 is 0 Å². The molecule has 346 valence electrons. The lowest BCUT2D eigenvalue weighted by atomic mass is 9.74. The summed E-state index contributed by atoms with van der Waals surface area (Å²) < 4.78 is 89.8. The van der Waals surface area contributed by atoms with Crippen molar-refractivity contribution in [1.29, 1.82) is 0 Å². The number of fused-ring (bicyclic) bond motifs is 6. The molecule has 7 fully saturated rings. The van der Waals surface area contributed by atoms with Crippen LogP contribution in [0.3, 0.4) is 0 Å². The second-order valence-electron chi connectivity index (χ2n) is 18.8. The normalized spacial score (nSPS) is 38.5. The maximum Gasteiger partial charge on any atom is 0.267 e. The van der Waals surface area contributed by atoms with Crippen molar-refractivity contribution in [3.05, 3.63) is 0 Å². The molecule has 7 rings (SSSR count). The Morgan fingerprint density at radius 2 is 1.02 bits per heavy atom. The Labute approximate surface area is 357 Å². The van der Waals surface area contributed by atoms with Gasteiger partial charge in [0.1, 0.15) is 0 Å². The van der Waals surface area contributed by atoms with E-state index in [-0.39, 0.29) is 17.3 Å². The van der Waals surface area contributed by atoms with E-state index in [1.165, 1.54) is 38.5 Å². The highest BCUT2D eigenvalue weighted by Crippen LogP contribution is 2.57. The molecule has 0 amide bonds. The van der Waals surface area contributed by atoms with Crippen LogP contribution in [-0.2, 0) is 39.3 Å². The lowest BCUT2D eigenvalue weighted by Crippen LogP contribution is -2.27. The second kappa shape index (κ2) is 25.1. The molecule has 15 atom stereocenters. The maximum absolute atomic E-state index is 10.6. The van der Waals surface area contributed by atoms with E-state index in [9.17, 15) is 25.3 Å². The zero-order valence-corrected chi connectivity index (χ0v) is 40.9. The van der Waals surface area contributed by atoms with Crippen molar-refractivity contribution >= 4 is 30.4 Å². The van der Waals surface area contributed by atoms with E-state index in [0.717, 1.165) is 102 Å². The predicted octanol–water partition coefficient (Wildman–Crippen LogP) is 10.7. The molecule has 1 aliphatic heterocycles. The highest BCUT2D eigenvalue weighted by molar-refractivity contribution is 7.87. The van der Waals surface area contributed by atoms with Crippen molar-refractivity contribution in [2.24, 2.45) is 88.8 Å². The highest BCUT2D eigenvalue weighted by atomic mass is 32.2. The fourth-order valence-corrected chi connectivity index (χ4v) is 14.2. The zero-order chi connectivity index (χ0) is 44.0. The van der Waals surface area contributed by atoms with Crippen molar-refractivity contribution in [1.82, 2.24) is 0 Å². The average Bonchev–Trinajstić information content (AvgIpc) is 4.05. The first-order valence-electron chi connectivity index (χ1n) is 23.6. The van der Waals surface area contributed by atoms with E-state index in [2.05, 4.69) is 52.6 Å². The minimum atomic E-state index is -3.83. The first kappa shape index (κ1) is 53.8. The third-order valence-electron chi connectivity index (χ3n) is 15.9. The summed E-state index contributed by atoms with van der Waals surface area (Å²) in [6.45, 7) is 26.4. The minimum Gasteiger partial charge on any atom is -0.381 e. The van der Waals surface area contributed by atoms with Gasteiger partial charge in [-0.3, -0.25) is 13.3 Å². The molecule has 7 aliphatic rings. The molecule has 15 unspecified atom stereocenters. The molecule has 1 saturated heterocycles. The summed E-state index contributed by atoms with van der Waals surface area (Å²) in [6, 6.07) is 0. The lowest BCUT2D eigenvalue weighted by Gasteiger charge is -2.31. The van der Waals surface area contributed by atoms with Crippen molar-refractivity contribution in [3.8, 4) is 0 Å². The minimum absolute atomic E-state index is 0.0723. The molecule has 13 heteroatoms. The third kappa shape index (κ3) is 16.4. The standard InChI is InChI=1S/C14H26O3S.C13H24O4S.C11H20.C3H6O3S.2C2H6/c1-10-11(2)14-9-13(10)8-12(14)6-4-3-5-7-18(15,16)17;1-9-10(2)13-7-11(9)6-12(13)8-17-4-3-5-18(14,15)16;1-4-9-5-10-6-11(9)8(3)7(10)2;4-7(5)3-1-2-6-7;2*1-2/h10-14H,3-9H2,1-2H3,(H,15,16,17);9-13H,3-8H2,1-2H3,(H,14,15,16);7-11H,4-6H2,1-3H3;1-3H2;2*1-2H3. The van der Waals surface area contributed by atoms with E-state index >= 15 is 0 Å². The van der Waals surface area contributed by atoms with Gasteiger partial charge in [0.25, 0.3) is 30.4 Å². The fourth-order valence-electron chi connectivity index (χ4n) is 12.2. The van der Waals surface area contributed by atoms with Crippen LogP contribution in [0.2, 0.25) is 0 Å². The van der Waals surface area contributed by atoms with Crippen LogP contribution in [0.1, 0.15) is 160 Å². The lowest BCUT2D eigenvalue weighted by molar-refractivity contribution is 0.0568. The number of unbranched alkanes of at least 4 members (excludes halogenated alkanes) is 2. The van der Waals surface area contributed by atoms with Crippen molar-refractivity contribution in [2.45, 2.75) is 160 Å². The Balaban J connectivity index is 0.000000271. The van der Waals surface area contributed by atoms with Crippen LogP contribution in [-0.4, -0.2) is 71.4 Å². The van der Waals surface area contributed by atoms with Crippen LogP contribution in [0.25, 0.3) is 0 Å². The molecule has 10 nitrogen and oxygen atoms in total. The first-order valence-corrected chi connectivity index (χ1v) is 28.4. The summed E-state index contributed by atoms with van der Waals surface area (Å²) in [5.41, 5.74) is 0. The van der Waals surface area contributed by atoms with Crippen LogP contribution in [0.4, 0.5) is 0 Å². The van der Waals surface area contributed by atoms with Gasteiger partial charge in [0, 0.05) is 13.2 Å². The summed E-state index contributed by atoms with van der Waals surface area (Å²) in [5.74, 6) is 13.8. The number of hydrogen-bond donors (Lipinski definition) is 2. The molecule has 0 aromatic carbocycles. The van der Waals surface area contributed by atoms with Crippen LogP contribution in [0.15, 0.2) is 0 Å². The van der Waals surface area contributed by atoms with E-state index in [4.69, 9.17) is 13.8 Å². The number of hydrogen-bond acceptors (Lipinski definition) is 8. The molecule has 6 bridgehead atoms. The van der Waals surface area contributed by atoms with Crippen molar-refractivity contribution in [2.75, 3.05) is 37.1 Å². The number of ether oxygens (including phenoxy) is 1. The van der Waals surface area contributed by atoms with Crippen molar-refractivity contribution in [3.63, 3.8) is 0 Å². The van der Waals surface area contributed by atoms with Gasteiger partial charge in [0.15, 0.2) is 0 Å². The van der Waals surface area contributed by atoms with Crippen LogP contribution in [0, 0.1) is 88.8 Å². The largest absolute Gasteiger partial charge is 0.381 e. The smallest absolute Gasteiger partial charge is 0.267 e. The Hall–Kier alpha value is -0.310. The van der Waals surface area contributed by atoms with Crippen LogP contribution in [0.5, 0.6) is 0 Å². The molecule has 0 spiro atoms. The van der Waals surface area contributed by atoms with Crippen LogP contribution < -0.4 is 0 Å². The van der Waals surface area contributed by atoms with Gasteiger partial charge >= 0.3 is 0 Å². The zero-order valence-electron chi connectivity index (χ0n) is 38.5. The number of rotatable bonds is 13. The Bertz CT molecular complexity index is 1390. The SMILES string of the molecule is CC.CC.CC1C2CC(CCCCCS(=O)(=O)O)C(C2)C1C.CC1C2CC(COCCCS(=O)(=O)O)C(C2)C1C.CCC1CC2CC1C(C)C2C.O=S1(=O)CCCO1. The molecule has 2 N–H and O–H groups in total. The maximum atomic E-state index is 10.6. The molecule has 6 aliphatic carbocycles. The van der Waals surface area contributed by atoms with Gasteiger partial charge in [-0.25, -0.2) is 0 Å². The van der Waals surface area contributed by atoms with Gasteiger partial charge in [-0.05, 0) is 147 Å². The van der Waals surface area contributed by atoms with E-state index in [0.29, 0.717) is 38.4 Å². The summed E-state index contributed by atoms with van der Waals surface area (Å²) in [5, 5.41) is 0. The quantitative estimate of drug-likeness (QED) is 0.103. The Morgan fingerprint density at radius 1 is 0.586 bits per heavy atom. The van der Waals surface area contributed by atoms with Gasteiger partial charge in [-0.2, -0.15) is 25.3 Å². The molecule has 0 aromatic heterocycles. The predicted molar refractivity (Wildman–Crippen MR) is 238 cm³/mol. The molecular formula is C45H88O10S3. The summed E-state index contributed by atoms with van der Waals surface area (Å²) in [4.78, 5) is 0. The molecule has 0 aromatic rings. The molecule has 1 heterocycles. The van der Waals surface area contributed by atoms with Crippen molar-refractivity contribution < 1.29 is 43.3 Å². The summed E-state index contributed by atoms with van der Waals surface area (Å²) in [6.07, 6.45) is 14.9. The van der Waals surface area contributed by atoms with Gasteiger partial charge in [0.05, 0.1) is 23.9 Å². The van der Waals surface area contributed by atoms with Gasteiger partial charge in [-0.15, -0.1) is 0 Å². The fraction of sp³-hybridized carbons (Fsp3) is 1.00. The monoisotopic (exact) mass is 885 g/mol. The van der Waals surface area contributed by atoms with Gasteiger partial charge in [0.2, 0.25) is 0 Å². The Morgan fingerprint density at radius 3 is 1.40 bits per heavy atom. The van der Waals surface area contributed by atoms with Gasteiger partial charge in [-0.1, -0.05) is 102 Å². The molecule has 58 heavy (non-hydrogen) atoms. The first-order chi connectivity index (χ1) is 27.2. The van der Waals surface area contributed by atoms with E-state index in [1.54, 1.807) is 12.8 Å². The summed E-state index contributed by atoms with van der Waals surface area (Å²) in [7, 11) is -10.6. The van der Waals surface area contributed by atoms with E-state index < -0.39 is 30.4 Å². The second-order valence-corrected chi connectivity index (χ2v) is 23.7. The highest BCUT2D eigenvalue weighted by Gasteiger charge is 2.50. The third-order valence-corrected chi connectivity index (χ3v) is 18.9. The topological polar surface area (TPSA) is 161 Å².